The lowest BCUT2D eigenvalue weighted by Crippen LogP contribution is -2.46. The number of carbonyl (C=O) groups is 1. The number of aromatic nitrogens is 1. The van der Waals surface area contributed by atoms with E-state index in [1.165, 1.54) is 0 Å². The number of pyridine rings is 1. The molecule has 6 nitrogen and oxygen atoms in total. The van der Waals surface area contributed by atoms with Gasteiger partial charge in [-0.2, -0.15) is 0 Å². The zero-order valence-electron chi connectivity index (χ0n) is 15.0. The second-order valence-electron chi connectivity index (χ2n) is 6.08. The Morgan fingerprint density at radius 1 is 1.23 bits per heavy atom. The average Bonchev–Trinajstić information content (AvgIpc) is 2.72. The van der Waals surface area contributed by atoms with Crippen LogP contribution in [0.2, 0.25) is 0 Å². The lowest BCUT2D eigenvalue weighted by molar-refractivity contribution is 0.0957. The molecule has 0 saturated carbocycles. The summed E-state index contributed by atoms with van der Waals surface area (Å²) in [5.41, 5.74) is 2.65. The minimum absolute atomic E-state index is 0.132. The third-order valence-corrected chi connectivity index (χ3v) is 4.46. The van der Waals surface area contributed by atoms with Crippen LogP contribution in [0.25, 0.3) is 0 Å². The quantitative estimate of drug-likeness (QED) is 0.809. The summed E-state index contributed by atoms with van der Waals surface area (Å²) in [6.45, 7) is 7.54. The van der Waals surface area contributed by atoms with E-state index in [1.54, 1.807) is 19.4 Å². The number of nitrogens with zero attached hydrogens (tertiary/aromatic N) is 3. The van der Waals surface area contributed by atoms with Gasteiger partial charge in [-0.3, -0.25) is 9.78 Å². The molecule has 1 aliphatic heterocycles. The van der Waals surface area contributed by atoms with Crippen LogP contribution in [0.4, 0.5) is 11.4 Å². The summed E-state index contributed by atoms with van der Waals surface area (Å²) in [6.07, 6.45) is 5.06. The lowest BCUT2D eigenvalue weighted by Gasteiger charge is -2.37. The van der Waals surface area contributed by atoms with Gasteiger partial charge >= 0.3 is 0 Å². The van der Waals surface area contributed by atoms with Gasteiger partial charge in [0.15, 0.2) is 0 Å². The van der Waals surface area contributed by atoms with Crippen molar-refractivity contribution >= 4 is 17.3 Å². The topological polar surface area (TPSA) is 57.7 Å². The number of hydrogen-bond acceptors (Lipinski definition) is 5. The number of piperazine rings is 1. The molecule has 2 aromatic rings. The maximum Gasteiger partial charge on any atom is 0.253 e. The highest BCUT2D eigenvalue weighted by Crippen LogP contribution is 2.29. The first kappa shape index (κ1) is 17.8. The highest BCUT2D eigenvalue weighted by molar-refractivity contribution is 5.94. The van der Waals surface area contributed by atoms with Crippen LogP contribution in [-0.4, -0.2) is 50.7 Å². The van der Waals surface area contributed by atoms with Gasteiger partial charge in [0.25, 0.3) is 5.91 Å². The summed E-state index contributed by atoms with van der Waals surface area (Å²) in [5.74, 6) is 0.760. The monoisotopic (exact) mass is 352 g/mol. The maximum absolute atomic E-state index is 12.1. The van der Waals surface area contributed by atoms with Crippen LogP contribution < -0.4 is 19.9 Å². The third kappa shape index (κ3) is 3.96. The van der Waals surface area contributed by atoms with Crippen LogP contribution in [0.1, 0.15) is 10.4 Å². The van der Waals surface area contributed by atoms with Crippen LogP contribution in [0, 0.1) is 0 Å². The van der Waals surface area contributed by atoms with Crippen molar-refractivity contribution in [2.75, 3.05) is 49.6 Å². The number of ether oxygens (including phenoxy) is 1. The number of amides is 1. The van der Waals surface area contributed by atoms with E-state index in [1.807, 2.05) is 30.5 Å². The Morgan fingerprint density at radius 3 is 2.69 bits per heavy atom. The van der Waals surface area contributed by atoms with Crippen molar-refractivity contribution in [1.82, 2.24) is 10.3 Å². The molecule has 0 unspecified atom stereocenters. The highest BCUT2D eigenvalue weighted by Gasteiger charge is 2.20. The molecule has 1 aromatic heterocycles. The van der Waals surface area contributed by atoms with Crippen LogP contribution in [0.3, 0.4) is 0 Å². The Balaban J connectivity index is 1.66. The predicted molar refractivity (Wildman–Crippen MR) is 104 cm³/mol. The minimum atomic E-state index is -0.132. The molecule has 26 heavy (non-hydrogen) atoms. The van der Waals surface area contributed by atoms with Gasteiger partial charge in [0.1, 0.15) is 5.75 Å². The Morgan fingerprint density at radius 2 is 1.96 bits per heavy atom. The zero-order chi connectivity index (χ0) is 18.4. The molecule has 1 N–H and O–H groups in total. The SMILES string of the molecule is C=CCNC(=O)c1cncc(N2CCN(c3ccccc3OC)CC2)c1. The van der Waals surface area contributed by atoms with Crippen LogP contribution in [-0.2, 0) is 0 Å². The first-order valence-electron chi connectivity index (χ1n) is 8.70. The molecule has 6 heteroatoms. The zero-order valence-corrected chi connectivity index (χ0v) is 15.0. The molecule has 1 saturated heterocycles. The average molecular weight is 352 g/mol. The molecule has 0 spiro atoms. The van der Waals surface area contributed by atoms with Crippen molar-refractivity contribution in [3.8, 4) is 5.75 Å². The van der Waals surface area contributed by atoms with E-state index in [9.17, 15) is 4.79 Å². The summed E-state index contributed by atoms with van der Waals surface area (Å²) in [7, 11) is 1.70. The largest absolute Gasteiger partial charge is 0.495 e. The molecule has 0 atom stereocenters. The van der Waals surface area contributed by atoms with Crippen LogP contribution in [0.5, 0.6) is 5.75 Å². The van der Waals surface area contributed by atoms with Crippen molar-refractivity contribution in [1.29, 1.82) is 0 Å². The number of rotatable bonds is 6. The van der Waals surface area contributed by atoms with Gasteiger partial charge in [-0.25, -0.2) is 0 Å². The number of para-hydroxylation sites is 2. The standard InChI is InChI=1S/C20H24N4O2/c1-3-8-22-20(25)16-13-17(15-21-14-16)23-9-11-24(12-10-23)18-6-4-5-7-19(18)26-2/h3-7,13-15H,1,8-12H2,2H3,(H,22,25). The Hall–Kier alpha value is -3.02. The van der Waals surface area contributed by atoms with Gasteiger partial charge in [0.05, 0.1) is 30.2 Å². The first-order chi connectivity index (χ1) is 12.7. The molecule has 3 rings (SSSR count). The van der Waals surface area contributed by atoms with E-state index in [0.29, 0.717) is 12.1 Å². The normalized spacial score (nSPS) is 14.0. The minimum Gasteiger partial charge on any atom is -0.495 e. The van der Waals surface area contributed by atoms with Gasteiger partial charge in [-0.15, -0.1) is 6.58 Å². The number of methoxy groups -OCH3 is 1. The molecule has 1 amide bonds. The molecular weight excluding hydrogens is 328 g/mol. The lowest BCUT2D eigenvalue weighted by atomic mass is 10.2. The fraction of sp³-hybridized carbons (Fsp3) is 0.300. The van der Waals surface area contributed by atoms with Crippen molar-refractivity contribution < 1.29 is 9.53 Å². The maximum atomic E-state index is 12.1. The second-order valence-corrected chi connectivity index (χ2v) is 6.08. The van der Waals surface area contributed by atoms with Crippen molar-refractivity contribution in [2.45, 2.75) is 0 Å². The molecule has 136 valence electrons. The number of benzene rings is 1. The van der Waals surface area contributed by atoms with Crippen molar-refractivity contribution in [3.05, 3.63) is 60.9 Å². The molecular formula is C20H24N4O2. The summed E-state index contributed by atoms with van der Waals surface area (Å²) < 4.78 is 5.47. The highest BCUT2D eigenvalue weighted by atomic mass is 16.5. The number of carbonyl (C=O) groups excluding carboxylic acids is 1. The van der Waals surface area contributed by atoms with E-state index in [0.717, 1.165) is 43.3 Å². The molecule has 1 aliphatic rings. The third-order valence-electron chi connectivity index (χ3n) is 4.46. The number of nitrogens with one attached hydrogen (secondary N) is 1. The summed E-state index contributed by atoms with van der Waals surface area (Å²) >= 11 is 0. The number of hydrogen-bond donors (Lipinski definition) is 1. The molecule has 0 aliphatic carbocycles. The van der Waals surface area contributed by atoms with Crippen LogP contribution in [0.15, 0.2) is 55.4 Å². The van der Waals surface area contributed by atoms with Crippen molar-refractivity contribution in [3.63, 3.8) is 0 Å². The predicted octanol–water partition coefficient (Wildman–Crippen LogP) is 2.33. The van der Waals surface area contributed by atoms with Crippen LogP contribution >= 0.6 is 0 Å². The van der Waals surface area contributed by atoms with Gasteiger partial charge in [-0.1, -0.05) is 18.2 Å². The van der Waals surface area contributed by atoms with Gasteiger partial charge < -0.3 is 19.9 Å². The number of anilines is 2. The van der Waals surface area contributed by atoms with Gasteiger partial charge in [0, 0.05) is 38.9 Å². The molecule has 2 heterocycles. The van der Waals surface area contributed by atoms with E-state index in [4.69, 9.17) is 4.74 Å². The van der Waals surface area contributed by atoms with E-state index < -0.39 is 0 Å². The van der Waals surface area contributed by atoms with E-state index >= 15 is 0 Å². The van der Waals surface area contributed by atoms with Crippen molar-refractivity contribution in [2.24, 2.45) is 0 Å². The van der Waals surface area contributed by atoms with E-state index in [-0.39, 0.29) is 5.91 Å². The first-order valence-corrected chi connectivity index (χ1v) is 8.70. The van der Waals surface area contributed by atoms with E-state index in [2.05, 4.69) is 32.7 Å². The smallest absolute Gasteiger partial charge is 0.253 e. The Labute approximate surface area is 154 Å². The fourth-order valence-electron chi connectivity index (χ4n) is 3.09. The molecule has 0 bridgehead atoms. The molecule has 0 radical (unpaired) electrons. The summed E-state index contributed by atoms with van der Waals surface area (Å²) in [4.78, 5) is 20.9. The summed E-state index contributed by atoms with van der Waals surface area (Å²) in [5, 5.41) is 2.78. The van der Waals surface area contributed by atoms with Gasteiger partial charge in [0.2, 0.25) is 0 Å². The summed E-state index contributed by atoms with van der Waals surface area (Å²) in [6, 6.07) is 9.97. The second kappa shape index (κ2) is 8.38. The molecule has 1 fully saturated rings. The Bertz CT molecular complexity index is 770. The molecule has 1 aromatic carbocycles. The fourth-order valence-corrected chi connectivity index (χ4v) is 3.09. The Kier molecular flexibility index (Phi) is 5.73. The van der Waals surface area contributed by atoms with Gasteiger partial charge in [-0.05, 0) is 18.2 Å².